The normalized spacial score (nSPS) is 4.14. The van der Waals surface area contributed by atoms with Crippen molar-refractivity contribution in [2.45, 2.75) is 0 Å². The van der Waals surface area contributed by atoms with Crippen LogP contribution < -0.4 is 6.15 Å². The van der Waals surface area contributed by atoms with Crippen molar-refractivity contribution < 1.29 is 58.7 Å². The Labute approximate surface area is 98.7 Å². The molecule has 0 spiro atoms. The van der Waals surface area contributed by atoms with Crippen LogP contribution >= 0.6 is 0 Å². The van der Waals surface area contributed by atoms with E-state index in [-0.39, 0.29) is 70.4 Å². The smallest absolute Gasteiger partial charge is 1.00 e. The first kappa shape index (κ1) is 136. The molecule has 0 heterocycles. The van der Waals surface area contributed by atoms with Gasteiger partial charge in [-0.05, 0) is 0 Å². The molecule has 0 aliphatic heterocycles. The molecule has 0 bridgehead atoms. The van der Waals surface area contributed by atoms with Gasteiger partial charge in [-0.15, -0.1) is 0 Å². The van der Waals surface area contributed by atoms with Crippen LogP contribution in [0.15, 0.2) is 0 Å². The van der Waals surface area contributed by atoms with Crippen LogP contribution in [0.4, 0.5) is 0 Å². The summed E-state index contributed by atoms with van der Waals surface area (Å²) >= 11 is 0. The first-order valence-electron chi connectivity index (χ1n) is 0.698. The van der Waals surface area contributed by atoms with Crippen LogP contribution in [-0.4, -0.2) is 78.9 Å². The minimum absolute atomic E-state index is 0. The molecule has 0 unspecified atom stereocenters. The summed E-state index contributed by atoms with van der Waals surface area (Å²) in [5, 5.41) is 0. The second-order valence-corrected chi connectivity index (χ2v) is 1.34. The summed E-state index contributed by atoms with van der Waals surface area (Å²) in [6.45, 7) is 0. The van der Waals surface area contributed by atoms with Crippen LogP contribution in [0.5, 0.6) is 0 Å². The van der Waals surface area contributed by atoms with Gasteiger partial charge in [-0.3, -0.25) is 9.11 Å². The zero-order valence-corrected chi connectivity index (χ0v) is 9.26. The summed E-state index contributed by atoms with van der Waals surface area (Å²) in [4.78, 5) is 0. The van der Waals surface area contributed by atoms with E-state index in [1.54, 1.807) is 0 Å². The molecular weight excluding hydrogens is 246 g/mol. The number of hydrogen-bond donors (Lipinski definition) is 3. The summed E-state index contributed by atoms with van der Waals surface area (Å²) in [6.07, 6.45) is 0. The molecule has 0 aromatic carbocycles. The summed E-state index contributed by atoms with van der Waals surface area (Å²) < 4.78 is 31.6. The number of hydrogen-bond acceptors (Lipinski definition) is 3. The van der Waals surface area contributed by atoms with Crippen LogP contribution in [0.2, 0.25) is 0 Å². The Kier molecular flexibility index (Phi) is 493. The van der Waals surface area contributed by atoms with Crippen molar-refractivity contribution in [2.24, 2.45) is 0 Å². The summed E-state index contributed by atoms with van der Waals surface area (Å²) in [6, 6.07) is 0. The minimum atomic E-state index is -4.67. The van der Waals surface area contributed by atoms with Crippen molar-refractivity contribution in [3.05, 3.63) is 0 Å². The summed E-state index contributed by atoms with van der Waals surface area (Å²) in [5.74, 6) is 0. The second kappa shape index (κ2) is 50.6. The Hall–Kier alpha value is 0.316. The van der Waals surface area contributed by atoms with Gasteiger partial charge in [-0.1, -0.05) is 0 Å². The average Bonchev–Trinajstić information content (AvgIpc) is 0.722. The Bertz CT molecular complexity index is 107. The van der Waals surface area contributed by atoms with E-state index in [0.29, 0.717) is 0 Å². The van der Waals surface area contributed by atoms with Crippen LogP contribution in [0.25, 0.3) is 0 Å². The van der Waals surface area contributed by atoms with E-state index in [2.05, 4.69) is 0 Å². The Morgan fingerprint density at radius 2 is 0.714 bits per heavy atom. The Balaban J connectivity index is -0.00000000145. The third kappa shape index (κ3) is 15800. The van der Waals surface area contributed by atoms with Gasteiger partial charge in [0.05, 0.1) is 0 Å². The molecular formula is H21MgNO11S. The molecule has 0 radical (unpaired) electrons. The molecule has 0 aromatic heterocycles. The van der Waals surface area contributed by atoms with Gasteiger partial charge in [-0.25, -0.2) is 0 Å². The predicted molar refractivity (Wildman–Crippen MR) is 52.5 cm³/mol. The van der Waals surface area contributed by atoms with Gasteiger partial charge >= 0.3 is 33.5 Å². The molecule has 0 saturated carbocycles. The van der Waals surface area contributed by atoms with Crippen LogP contribution in [-0.2, 0) is 10.4 Å². The van der Waals surface area contributed by atoms with Crippen molar-refractivity contribution in [1.29, 1.82) is 0 Å². The first-order chi connectivity index (χ1) is 2.00. The Morgan fingerprint density at radius 3 is 0.714 bits per heavy atom. The molecule has 0 fully saturated rings. The van der Waals surface area contributed by atoms with E-state index in [0.717, 1.165) is 0 Å². The van der Waals surface area contributed by atoms with Gasteiger partial charge in [0.15, 0.2) is 0 Å². The van der Waals surface area contributed by atoms with Gasteiger partial charge in [-0.2, -0.15) is 8.42 Å². The third-order valence-corrected chi connectivity index (χ3v) is 0. The number of rotatable bonds is 0. The topological polar surface area (TPSA) is 330 Å². The standard InChI is InChI=1S/Mg.H3N.H2O4S.7H2O.2H/c;;1-5(2,3)4;;;;;;;;;/h;1H3;(H2,1,2,3,4);7*1H2;;/q+2;;;;;;;;;;2*-1. The van der Waals surface area contributed by atoms with Crippen LogP contribution in [0.3, 0.4) is 0 Å². The third-order valence-electron chi connectivity index (χ3n) is 0. The van der Waals surface area contributed by atoms with Gasteiger partial charge < -0.3 is 47.3 Å². The predicted octanol–water partition coefficient (Wildman–Crippen LogP) is -6.42. The van der Waals surface area contributed by atoms with Crippen LogP contribution in [0, 0.1) is 0 Å². The monoisotopic (exact) mass is 267 g/mol. The summed E-state index contributed by atoms with van der Waals surface area (Å²) in [5.41, 5.74) is 0. The average molecular weight is 268 g/mol. The second-order valence-electron chi connectivity index (χ2n) is 0.448. The van der Waals surface area contributed by atoms with Gasteiger partial charge in [0.25, 0.3) is 0 Å². The maximum absolute atomic E-state index is 8.74. The van der Waals surface area contributed by atoms with E-state index < -0.39 is 10.4 Å². The minimum Gasteiger partial charge on any atom is -1.00 e. The van der Waals surface area contributed by atoms with Gasteiger partial charge in [0, 0.05) is 0 Å². The van der Waals surface area contributed by atoms with E-state index in [4.69, 9.17) is 17.5 Å². The molecule has 0 atom stereocenters. The van der Waals surface area contributed by atoms with Gasteiger partial charge in [0.2, 0.25) is 0 Å². The molecule has 0 aromatic rings. The van der Waals surface area contributed by atoms with E-state index >= 15 is 0 Å². The Morgan fingerprint density at radius 1 is 0.714 bits per heavy atom. The van der Waals surface area contributed by atoms with Gasteiger partial charge in [0.1, 0.15) is 0 Å². The molecule has 19 N–H and O–H groups in total. The van der Waals surface area contributed by atoms with Crippen LogP contribution in [0.1, 0.15) is 2.85 Å². The fourth-order valence-corrected chi connectivity index (χ4v) is 0. The molecule has 100 valence electrons. The molecule has 12 nitrogen and oxygen atoms in total. The zero-order valence-electron chi connectivity index (χ0n) is 9.03. The fourth-order valence-electron chi connectivity index (χ4n) is 0. The molecule has 14 heavy (non-hydrogen) atoms. The molecule has 0 rings (SSSR count). The van der Waals surface area contributed by atoms with E-state index in [1.165, 1.54) is 0 Å². The van der Waals surface area contributed by atoms with Crippen molar-refractivity contribution in [3.63, 3.8) is 0 Å². The maximum atomic E-state index is 8.74. The first-order valence-corrected chi connectivity index (χ1v) is 2.10. The molecule has 14 heteroatoms. The molecule has 0 aliphatic carbocycles. The maximum Gasteiger partial charge on any atom is 2.00 e. The molecule has 0 amide bonds. The van der Waals surface area contributed by atoms with Crippen molar-refractivity contribution in [2.75, 3.05) is 0 Å². The zero-order chi connectivity index (χ0) is 4.50. The molecule has 0 aliphatic rings. The van der Waals surface area contributed by atoms with Crippen molar-refractivity contribution in [3.8, 4) is 0 Å². The summed E-state index contributed by atoms with van der Waals surface area (Å²) in [7, 11) is -4.67. The molecule has 0 saturated heterocycles. The van der Waals surface area contributed by atoms with Crippen molar-refractivity contribution >= 4 is 33.5 Å². The largest absolute Gasteiger partial charge is 2.00 e. The SMILES string of the molecule is N.O.O.O.O.O.O.O.O=S(=O)(O)O.[H-].[H-].[Mg+2]. The van der Waals surface area contributed by atoms with Crippen molar-refractivity contribution in [1.82, 2.24) is 6.15 Å². The van der Waals surface area contributed by atoms with E-state index in [1.807, 2.05) is 0 Å². The quantitative estimate of drug-likeness (QED) is 0.283. The fraction of sp³-hybridized carbons (Fsp3) is 0. The van der Waals surface area contributed by atoms with E-state index in [9.17, 15) is 0 Å².